The zero-order valence-electron chi connectivity index (χ0n) is 19.6. The monoisotopic (exact) mass is 494 g/mol. The summed E-state index contributed by atoms with van der Waals surface area (Å²) in [7, 11) is 1.30. The number of nitrogens with one attached hydrogen (secondary N) is 1. The molecule has 2 atom stereocenters. The first-order valence-electron chi connectivity index (χ1n) is 10.6. The van der Waals surface area contributed by atoms with Crippen molar-refractivity contribution in [2.24, 2.45) is 0 Å². The number of pyridine rings is 1. The minimum Gasteiger partial charge on any atom is -0.391 e. The molecule has 2 N–H and O–H groups in total. The fourth-order valence-corrected chi connectivity index (χ4v) is 3.47. The molecule has 34 heavy (non-hydrogen) atoms. The molecular weight excluding hydrogens is 465 g/mol. The molecule has 0 radical (unpaired) electrons. The van der Waals surface area contributed by atoms with E-state index in [2.05, 4.69) is 10.3 Å². The van der Waals surface area contributed by atoms with E-state index in [4.69, 9.17) is 0 Å². The highest BCUT2D eigenvalue weighted by atomic mass is 19.4. The molecule has 0 aliphatic carbocycles. The van der Waals surface area contributed by atoms with Crippen molar-refractivity contribution in [3.8, 4) is 0 Å². The number of hydrogen-bond donors (Lipinski definition) is 2. The van der Waals surface area contributed by atoms with Crippen molar-refractivity contribution in [2.45, 2.75) is 64.4 Å². The van der Waals surface area contributed by atoms with Crippen molar-refractivity contribution in [1.29, 1.82) is 0 Å². The molecule has 0 bridgehead atoms. The Labute approximate surface area is 194 Å². The van der Waals surface area contributed by atoms with Crippen LogP contribution in [0.4, 0.5) is 30.7 Å². The lowest BCUT2D eigenvalue weighted by molar-refractivity contribution is -0.263. The van der Waals surface area contributed by atoms with Crippen LogP contribution in [0, 0.1) is 12.7 Å². The van der Waals surface area contributed by atoms with Crippen molar-refractivity contribution >= 4 is 6.08 Å². The third-order valence-electron chi connectivity index (χ3n) is 5.16. The van der Waals surface area contributed by atoms with Crippen LogP contribution >= 0.6 is 0 Å². The summed E-state index contributed by atoms with van der Waals surface area (Å²) in [5, 5.41) is 13.1. The molecular formula is C24H29F7N2O. The van der Waals surface area contributed by atoms with Gasteiger partial charge in [-0.05, 0) is 66.3 Å². The summed E-state index contributed by atoms with van der Waals surface area (Å²) >= 11 is 0. The molecule has 0 amide bonds. The maximum absolute atomic E-state index is 13.9. The molecule has 190 valence electrons. The number of nitrogens with zero attached hydrogens (tertiary/aromatic N) is 1. The van der Waals surface area contributed by atoms with Gasteiger partial charge in [-0.15, -0.1) is 0 Å². The van der Waals surface area contributed by atoms with Crippen LogP contribution in [0.25, 0.3) is 6.08 Å². The molecule has 2 unspecified atom stereocenters. The number of rotatable bonds is 7. The highest BCUT2D eigenvalue weighted by Crippen LogP contribution is 2.42. The Balaban J connectivity index is 0.00000281. The van der Waals surface area contributed by atoms with Crippen LogP contribution < -0.4 is 5.32 Å². The van der Waals surface area contributed by atoms with Crippen molar-refractivity contribution in [3.63, 3.8) is 0 Å². The number of hydrogen-bond acceptors (Lipinski definition) is 3. The zero-order chi connectivity index (χ0) is 26.3. The Morgan fingerprint density at radius 1 is 1.09 bits per heavy atom. The van der Waals surface area contributed by atoms with Crippen LogP contribution in [0.15, 0.2) is 42.2 Å². The first kappa shape index (κ1) is 29.4. The predicted molar refractivity (Wildman–Crippen MR) is 117 cm³/mol. The summed E-state index contributed by atoms with van der Waals surface area (Å²) in [6, 6.07) is 5.66. The summed E-state index contributed by atoms with van der Waals surface area (Å²) in [6.45, 7) is 7.07. The van der Waals surface area contributed by atoms with Gasteiger partial charge in [-0.1, -0.05) is 26.8 Å². The molecule has 0 aliphatic rings. The maximum atomic E-state index is 13.9. The van der Waals surface area contributed by atoms with Gasteiger partial charge in [0.05, 0.1) is 0 Å². The molecule has 0 saturated heterocycles. The van der Waals surface area contributed by atoms with Gasteiger partial charge in [0.25, 0.3) is 0 Å². The van der Waals surface area contributed by atoms with E-state index in [1.165, 1.54) is 32.2 Å². The number of halogens is 7. The Bertz CT molecular complexity index is 971. The molecule has 1 aromatic carbocycles. The highest BCUT2D eigenvalue weighted by Gasteiger charge is 2.54. The quantitative estimate of drug-likeness (QED) is 0.407. The normalized spacial score (nSPS) is 15.1. The van der Waals surface area contributed by atoms with Crippen LogP contribution in [0.1, 0.15) is 61.9 Å². The van der Waals surface area contributed by atoms with Crippen molar-refractivity contribution in [3.05, 3.63) is 70.4 Å². The molecule has 3 nitrogen and oxygen atoms in total. The summed E-state index contributed by atoms with van der Waals surface area (Å²) in [5.74, 6) is -1.46. The van der Waals surface area contributed by atoms with E-state index in [0.29, 0.717) is 17.2 Å². The molecule has 0 fully saturated rings. The van der Waals surface area contributed by atoms with E-state index in [1.807, 2.05) is 13.8 Å². The Morgan fingerprint density at radius 3 is 2.24 bits per heavy atom. The van der Waals surface area contributed by atoms with E-state index in [-0.39, 0.29) is 11.3 Å². The number of alkyl halides is 6. The summed E-state index contributed by atoms with van der Waals surface area (Å²) < 4.78 is 93.8. The van der Waals surface area contributed by atoms with Gasteiger partial charge >= 0.3 is 12.4 Å². The van der Waals surface area contributed by atoms with Crippen LogP contribution in [-0.4, -0.2) is 28.9 Å². The average molecular weight is 494 g/mol. The largest absolute Gasteiger partial charge is 0.433 e. The molecule has 2 aromatic rings. The van der Waals surface area contributed by atoms with Gasteiger partial charge in [-0.25, -0.2) is 4.39 Å². The molecule has 0 spiro atoms. The molecule has 0 aliphatic heterocycles. The van der Waals surface area contributed by atoms with E-state index in [9.17, 15) is 35.8 Å². The van der Waals surface area contributed by atoms with Gasteiger partial charge in [0.2, 0.25) is 0 Å². The van der Waals surface area contributed by atoms with E-state index >= 15 is 0 Å². The number of aliphatic hydroxyl groups is 1. The Kier molecular flexibility index (Phi) is 10.1. The van der Waals surface area contributed by atoms with Crippen LogP contribution in [-0.2, 0) is 6.18 Å². The lowest BCUT2D eigenvalue weighted by Crippen LogP contribution is -2.47. The topological polar surface area (TPSA) is 45.2 Å². The van der Waals surface area contributed by atoms with Crippen molar-refractivity contribution < 1.29 is 35.8 Å². The van der Waals surface area contributed by atoms with Gasteiger partial charge in [-0.2, -0.15) is 26.3 Å². The number of aryl methyl sites for hydroxylation is 1. The fourth-order valence-electron chi connectivity index (χ4n) is 3.47. The number of aromatic nitrogens is 1. The lowest BCUT2D eigenvalue weighted by atomic mass is 9.82. The molecule has 1 aromatic heterocycles. The number of benzene rings is 1. The first-order chi connectivity index (χ1) is 15.7. The maximum Gasteiger partial charge on any atom is 0.433 e. The van der Waals surface area contributed by atoms with Crippen LogP contribution in [0.2, 0.25) is 0 Å². The molecule has 1 heterocycles. The van der Waals surface area contributed by atoms with Gasteiger partial charge in [-0.3, -0.25) is 4.98 Å². The minimum absolute atomic E-state index is 0.0322. The standard InChI is InChI=1S/C22H23F7N2O.C2H6/c1-13-4-5-16(23)10-18(13)14(2)11-20(32,22(27,28)29)12-17(30-3)8-15-6-7-31-19(9-15)21(24,25)26;1-2/h4-10,14,30,32H,11-12H2,1-3H3;1-2H3/b17-8-;. The Hall–Kier alpha value is -2.62. The van der Waals surface area contributed by atoms with Gasteiger partial charge in [0.1, 0.15) is 11.5 Å². The van der Waals surface area contributed by atoms with E-state index in [1.54, 1.807) is 6.92 Å². The summed E-state index contributed by atoms with van der Waals surface area (Å²) in [6.07, 6.45) is -9.49. The predicted octanol–water partition coefficient (Wildman–Crippen LogP) is 7.01. The first-order valence-corrected chi connectivity index (χ1v) is 10.6. The highest BCUT2D eigenvalue weighted by molar-refractivity contribution is 5.53. The molecule has 10 heteroatoms. The van der Waals surface area contributed by atoms with Crippen LogP contribution in [0.3, 0.4) is 0 Å². The van der Waals surface area contributed by atoms with Crippen LogP contribution in [0.5, 0.6) is 0 Å². The zero-order valence-corrected chi connectivity index (χ0v) is 19.6. The third kappa shape index (κ3) is 7.72. The van der Waals surface area contributed by atoms with Gasteiger partial charge in [0, 0.05) is 25.4 Å². The van der Waals surface area contributed by atoms with Gasteiger partial charge in [0.15, 0.2) is 5.60 Å². The summed E-state index contributed by atoms with van der Waals surface area (Å²) in [5.41, 5.74) is -3.67. The SMILES string of the molecule is CC.CN/C(=C\c1ccnc(C(F)(F)F)c1)CC(O)(CC(C)c1cc(F)ccc1C)C(F)(F)F. The van der Waals surface area contributed by atoms with Gasteiger partial charge < -0.3 is 10.4 Å². The fraction of sp³-hybridized carbons (Fsp3) is 0.458. The summed E-state index contributed by atoms with van der Waals surface area (Å²) in [4.78, 5) is 3.21. The lowest BCUT2D eigenvalue weighted by Gasteiger charge is -2.34. The van der Waals surface area contributed by atoms with E-state index < -0.39 is 48.2 Å². The smallest absolute Gasteiger partial charge is 0.391 e. The van der Waals surface area contributed by atoms with Crippen molar-refractivity contribution in [2.75, 3.05) is 7.05 Å². The van der Waals surface area contributed by atoms with Crippen molar-refractivity contribution in [1.82, 2.24) is 10.3 Å². The van der Waals surface area contributed by atoms with E-state index in [0.717, 1.165) is 18.3 Å². The second kappa shape index (κ2) is 11.7. The second-order valence-corrected chi connectivity index (χ2v) is 7.70. The molecule has 0 saturated carbocycles. The second-order valence-electron chi connectivity index (χ2n) is 7.70. The third-order valence-corrected chi connectivity index (χ3v) is 5.16. The Morgan fingerprint density at radius 2 is 1.71 bits per heavy atom. The average Bonchev–Trinajstić information content (AvgIpc) is 2.75. The molecule has 2 rings (SSSR count). The minimum atomic E-state index is -5.05.